The summed E-state index contributed by atoms with van der Waals surface area (Å²) in [5.41, 5.74) is 5.81. The fourth-order valence-corrected chi connectivity index (χ4v) is 2.96. The lowest BCUT2D eigenvalue weighted by Crippen LogP contribution is -2.02. The quantitative estimate of drug-likeness (QED) is 0.601. The molecule has 3 heteroatoms. The van der Waals surface area contributed by atoms with Crippen LogP contribution in [0.25, 0.3) is 5.57 Å². The van der Waals surface area contributed by atoms with Crippen molar-refractivity contribution in [1.29, 1.82) is 0 Å². The summed E-state index contributed by atoms with van der Waals surface area (Å²) in [7, 11) is 0. The molecule has 0 amide bonds. The molecule has 3 aromatic carbocycles. The molecule has 3 aromatic rings. The molecular weight excluding hydrogens is 323 g/mol. The molecule has 0 bridgehead atoms. The highest BCUT2D eigenvalue weighted by Gasteiger charge is 2.14. The fraction of sp³-hybridized carbons (Fsp3) is 0.0435. The van der Waals surface area contributed by atoms with Gasteiger partial charge < -0.3 is 0 Å². The van der Waals surface area contributed by atoms with Crippen molar-refractivity contribution in [3.8, 4) is 0 Å². The van der Waals surface area contributed by atoms with Crippen LogP contribution in [0, 0.1) is 5.82 Å². The van der Waals surface area contributed by atoms with Crippen molar-refractivity contribution in [1.82, 2.24) is 0 Å². The topological polar surface area (TPSA) is 24.7 Å². The minimum atomic E-state index is -0.254. The van der Waals surface area contributed by atoms with Crippen LogP contribution < -0.4 is 0 Å². The molecule has 0 atom stereocenters. The maximum atomic E-state index is 13.3. The maximum absolute atomic E-state index is 13.3. The first-order valence-corrected chi connectivity index (χ1v) is 8.51. The van der Waals surface area contributed by atoms with Gasteiger partial charge in [0.1, 0.15) is 5.82 Å². The van der Waals surface area contributed by atoms with Crippen molar-refractivity contribution in [2.24, 2.45) is 10.2 Å². The van der Waals surface area contributed by atoms with Crippen molar-refractivity contribution in [3.63, 3.8) is 0 Å². The molecule has 0 fully saturated rings. The molecule has 0 aromatic heterocycles. The molecule has 1 aliphatic heterocycles. The van der Waals surface area contributed by atoms with Crippen LogP contribution in [0.3, 0.4) is 0 Å². The van der Waals surface area contributed by atoms with Crippen LogP contribution in [-0.2, 0) is 0 Å². The van der Waals surface area contributed by atoms with E-state index < -0.39 is 0 Å². The van der Waals surface area contributed by atoms with Gasteiger partial charge in [0.2, 0.25) is 0 Å². The van der Waals surface area contributed by atoms with E-state index in [1.54, 1.807) is 12.1 Å². The Balaban J connectivity index is 1.81. The number of halogens is 1. The Morgan fingerprint density at radius 2 is 1.23 bits per heavy atom. The average Bonchev–Trinajstić information content (AvgIpc) is 2.93. The molecule has 1 heterocycles. The lowest BCUT2D eigenvalue weighted by atomic mass is 9.95. The van der Waals surface area contributed by atoms with Crippen LogP contribution in [0.15, 0.2) is 101 Å². The van der Waals surface area contributed by atoms with Gasteiger partial charge in [0.25, 0.3) is 0 Å². The van der Waals surface area contributed by atoms with E-state index in [-0.39, 0.29) is 5.82 Å². The van der Waals surface area contributed by atoms with Crippen molar-refractivity contribution < 1.29 is 4.39 Å². The minimum Gasteiger partial charge on any atom is -0.207 e. The first-order valence-electron chi connectivity index (χ1n) is 8.51. The largest absolute Gasteiger partial charge is 0.207 e. The van der Waals surface area contributed by atoms with Crippen LogP contribution in [0.2, 0.25) is 0 Å². The second-order valence-corrected chi connectivity index (χ2v) is 6.12. The number of rotatable bonds is 3. The summed E-state index contributed by atoms with van der Waals surface area (Å²) < 4.78 is 13.3. The molecule has 26 heavy (non-hydrogen) atoms. The van der Waals surface area contributed by atoms with Crippen molar-refractivity contribution >= 4 is 17.0 Å². The second kappa shape index (κ2) is 7.28. The SMILES string of the molecule is Fc1ccc(C2=NN=C(c3ccccc3)C=C(c3ccccc3)C2)cc1. The summed E-state index contributed by atoms with van der Waals surface area (Å²) in [4.78, 5) is 0. The van der Waals surface area contributed by atoms with Gasteiger partial charge in [-0.25, -0.2) is 4.39 Å². The highest BCUT2D eigenvalue weighted by molar-refractivity contribution is 6.17. The van der Waals surface area contributed by atoms with Crippen LogP contribution in [-0.4, -0.2) is 11.4 Å². The van der Waals surface area contributed by atoms with E-state index in [4.69, 9.17) is 0 Å². The molecule has 0 aliphatic carbocycles. The number of hydrogen-bond donors (Lipinski definition) is 0. The zero-order valence-electron chi connectivity index (χ0n) is 14.1. The average molecular weight is 340 g/mol. The Bertz CT molecular complexity index is 985. The Morgan fingerprint density at radius 1 is 0.615 bits per heavy atom. The van der Waals surface area contributed by atoms with Gasteiger partial charge in [-0.3, -0.25) is 0 Å². The third-order valence-corrected chi connectivity index (χ3v) is 4.34. The summed E-state index contributed by atoms with van der Waals surface area (Å²) in [5.74, 6) is -0.254. The van der Waals surface area contributed by atoms with E-state index in [1.165, 1.54) is 12.1 Å². The molecule has 0 saturated carbocycles. The fourth-order valence-electron chi connectivity index (χ4n) is 2.96. The minimum absolute atomic E-state index is 0.254. The number of hydrogen-bond acceptors (Lipinski definition) is 2. The first kappa shape index (κ1) is 16.2. The van der Waals surface area contributed by atoms with Crippen LogP contribution in [0.1, 0.15) is 23.1 Å². The maximum Gasteiger partial charge on any atom is 0.123 e. The van der Waals surface area contributed by atoms with E-state index in [0.717, 1.165) is 33.7 Å². The molecule has 1 aliphatic rings. The van der Waals surface area contributed by atoms with Crippen LogP contribution >= 0.6 is 0 Å². The Labute approximate surface area is 152 Å². The summed E-state index contributed by atoms with van der Waals surface area (Å²) in [5, 5.41) is 8.97. The molecule has 2 nitrogen and oxygen atoms in total. The van der Waals surface area contributed by atoms with Crippen LogP contribution in [0.4, 0.5) is 4.39 Å². The highest BCUT2D eigenvalue weighted by Crippen LogP contribution is 2.25. The third-order valence-electron chi connectivity index (χ3n) is 4.34. The summed E-state index contributed by atoms with van der Waals surface area (Å²) in [6.45, 7) is 0. The van der Waals surface area contributed by atoms with Gasteiger partial charge in [0, 0.05) is 12.0 Å². The van der Waals surface area contributed by atoms with E-state index in [0.29, 0.717) is 6.42 Å². The van der Waals surface area contributed by atoms with Crippen molar-refractivity contribution in [2.75, 3.05) is 0 Å². The van der Waals surface area contributed by atoms with Crippen molar-refractivity contribution in [2.45, 2.75) is 6.42 Å². The van der Waals surface area contributed by atoms with E-state index in [9.17, 15) is 4.39 Å². The van der Waals surface area contributed by atoms with Crippen molar-refractivity contribution in [3.05, 3.63) is 114 Å². The van der Waals surface area contributed by atoms with Gasteiger partial charge in [-0.15, -0.1) is 0 Å². The normalized spacial score (nSPS) is 14.1. The van der Waals surface area contributed by atoms with Crippen LogP contribution in [0.5, 0.6) is 0 Å². The molecule has 0 radical (unpaired) electrons. The standard InChI is InChI=1S/C23H17FN2/c24-21-13-11-19(12-14-21)23-16-20(17-7-3-1-4-8-17)15-22(25-26-23)18-9-5-2-6-10-18/h1-15H,16H2. The van der Waals surface area contributed by atoms with E-state index in [1.807, 2.05) is 48.5 Å². The number of nitrogens with zero attached hydrogens (tertiary/aromatic N) is 2. The van der Waals surface area contributed by atoms with Gasteiger partial charge in [-0.2, -0.15) is 10.2 Å². The highest BCUT2D eigenvalue weighted by atomic mass is 19.1. The Kier molecular flexibility index (Phi) is 4.52. The van der Waals surface area contributed by atoms with Gasteiger partial charge in [-0.05, 0) is 34.9 Å². The van der Waals surface area contributed by atoms with Gasteiger partial charge in [-0.1, -0.05) is 72.8 Å². The number of allylic oxidation sites excluding steroid dienone is 2. The van der Waals surface area contributed by atoms with Gasteiger partial charge in [0.15, 0.2) is 0 Å². The van der Waals surface area contributed by atoms with Gasteiger partial charge in [0.05, 0.1) is 11.4 Å². The predicted molar refractivity (Wildman–Crippen MR) is 105 cm³/mol. The monoisotopic (exact) mass is 340 g/mol. The summed E-state index contributed by atoms with van der Waals surface area (Å²) >= 11 is 0. The molecule has 0 saturated heterocycles. The number of benzene rings is 3. The Morgan fingerprint density at radius 3 is 1.88 bits per heavy atom. The molecule has 0 spiro atoms. The lowest BCUT2D eigenvalue weighted by Gasteiger charge is -2.09. The molecule has 0 unspecified atom stereocenters. The zero-order chi connectivity index (χ0) is 17.8. The molecule has 126 valence electrons. The first-order chi connectivity index (χ1) is 12.8. The molecule has 4 rings (SSSR count). The van der Waals surface area contributed by atoms with E-state index in [2.05, 4.69) is 28.4 Å². The Hall–Kier alpha value is -3.33. The molecular formula is C23H17FN2. The summed E-state index contributed by atoms with van der Waals surface area (Å²) in [6.07, 6.45) is 2.72. The van der Waals surface area contributed by atoms with Gasteiger partial charge >= 0.3 is 0 Å². The smallest absolute Gasteiger partial charge is 0.123 e. The van der Waals surface area contributed by atoms with E-state index >= 15 is 0 Å². The lowest BCUT2D eigenvalue weighted by molar-refractivity contribution is 0.628. The third kappa shape index (κ3) is 3.52. The predicted octanol–water partition coefficient (Wildman–Crippen LogP) is 5.51. The molecule has 0 N–H and O–H groups in total. The second-order valence-electron chi connectivity index (χ2n) is 6.12. The zero-order valence-corrected chi connectivity index (χ0v) is 14.1. The summed E-state index contributed by atoms with van der Waals surface area (Å²) in [6, 6.07) is 26.6.